The van der Waals surface area contributed by atoms with Crippen LogP contribution in [-0.4, -0.2) is 34.7 Å². The Morgan fingerprint density at radius 3 is 3.00 bits per heavy atom. The summed E-state index contributed by atoms with van der Waals surface area (Å²) in [6, 6.07) is 4.03. The van der Waals surface area contributed by atoms with Gasteiger partial charge < -0.3 is 10.0 Å². The minimum atomic E-state index is -0.427. The molecule has 0 spiro atoms. The van der Waals surface area contributed by atoms with Gasteiger partial charge in [-0.05, 0) is 30.7 Å². The molecule has 0 amide bonds. The van der Waals surface area contributed by atoms with Gasteiger partial charge in [0.1, 0.15) is 0 Å². The van der Waals surface area contributed by atoms with E-state index in [1.165, 1.54) is 23.6 Å². The van der Waals surface area contributed by atoms with Crippen molar-refractivity contribution in [2.45, 2.75) is 25.9 Å². The summed E-state index contributed by atoms with van der Waals surface area (Å²) >= 11 is 2.02. The molecule has 1 aromatic rings. The average Bonchev–Trinajstić information content (AvgIpc) is 2.67. The van der Waals surface area contributed by atoms with Crippen LogP contribution in [0.25, 0.3) is 0 Å². The van der Waals surface area contributed by atoms with Gasteiger partial charge in [0, 0.05) is 18.8 Å². The first-order valence-corrected chi connectivity index (χ1v) is 7.43. The molecule has 3 nitrogen and oxygen atoms in total. The summed E-state index contributed by atoms with van der Waals surface area (Å²) in [5, 5.41) is 9.70. The quantitative estimate of drug-likeness (QED) is 0.896. The molecule has 1 N–H and O–H groups in total. The minimum Gasteiger partial charge on any atom is -0.387 e. The fraction of sp³-hybridized carbons (Fsp3) is 0.615. The maximum atomic E-state index is 9.70. The van der Waals surface area contributed by atoms with Gasteiger partial charge in [-0.25, -0.2) is 0 Å². The van der Waals surface area contributed by atoms with Crippen molar-refractivity contribution >= 4 is 17.4 Å². The Labute approximate surface area is 107 Å². The van der Waals surface area contributed by atoms with Crippen LogP contribution >= 0.6 is 11.8 Å². The van der Waals surface area contributed by atoms with Crippen molar-refractivity contribution < 1.29 is 5.11 Å². The van der Waals surface area contributed by atoms with Crippen molar-refractivity contribution in [1.82, 2.24) is 4.98 Å². The van der Waals surface area contributed by atoms with Crippen LogP contribution in [0.1, 0.15) is 31.6 Å². The van der Waals surface area contributed by atoms with E-state index in [1.807, 2.05) is 30.9 Å². The van der Waals surface area contributed by atoms with Crippen LogP contribution in [0.5, 0.6) is 0 Å². The highest BCUT2D eigenvalue weighted by Crippen LogP contribution is 2.20. The van der Waals surface area contributed by atoms with Crippen LogP contribution in [-0.2, 0) is 0 Å². The van der Waals surface area contributed by atoms with Gasteiger partial charge in [0.05, 0.1) is 23.7 Å². The predicted molar refractivity (Wildman–Crippen MR) is 73.6 cm³/mol. The first kappa shape index (κ1) is 12.7. The second kappa shape index (κ2) is 6.26. The molecule has 2 rings (SSSR count). The van der Waals surface area contributed by atoms with Crippen molar-refractivity contribution in [3.8, 4) is 0 Å². The molecular formula is C13H20N2OS. The molecule has 1 aliphatic rings. The summed E-state index contributed by atoms with van der Waals surface area (Å²) < 4.78 is 0. The summed E-state index contributed by atoms with van der Waals surface area (Å²) in [5.41, 5.74) is 1.96. The number of thioether (sulfide) groups is 1. The van der Waals surface area contributed by atoms with Gasteiger partial charge in [0.2, 0.25) is 0 Å². The van der Waals surface area contributed by atoms with Crippen molar-refractivity contribution in [3.05, 3.63) is 24.0 Å². The highest BCUT2D eigenvalue weighted by atomic mass is 32.2. The van der Waals surface area contributed by atoms with Crippen LogP contribution in [0.3, 0.4) is 0 Å². The Morgan fingerprint density at radius 2 is 2.29 bits per heavy atom. The molecule has 0 aliphatic carbocycles. The van der Waals surface area contributed by atoms with Gasteiger partial charge in [-0.2, -0.15) is 11.8 Å². The Hall–Kier alpha value is -0.740. The van der Waals surface area contributed by atoms with Gasteiger partial charge >= 0.3 is 0 Å². The normalized spacial score (nSPS) is 18.8. The molecule has 0 saturated carbocycles. The van der Waals surface area contributed by atoms with Crippen LogP contribution in [0, 0.1) is 0 Å². The number of nitrogens with zero attached hydrogens (tertiary/aromatic N) is 2. The zero-order chi connectivity index (χ0) is 12.1. The van der Waals surface area contributed by atoms with E-state index in [4.69, 9.17) is 0 Å². The Balaban J connectivity index is 2.05. The Bertz CT molecular complexity index is 334. The van der Waals surface area contributed by atoms with E-state index < -0.39 is 6.10 Å². The number of aliphatic hydroxyl groups is 1. The summed E-state index contributed by atoms with van der Waals surface area (Å²) in [7, 11) is 0. The molecule has 0 bridgehead atoms. The zero-order valence-electron chi connectivity index (χ0n) is 10.3. The Kier molecular flexibility index (Phi) is 4.68. The third-order valence-electron chi connectivity index (χ3n) is 3.09. The van der Waals surface area contributed by atoms with Crippen molar-refractivity contribution in [3.63, 3.8) is 0 Å². The number of hydrogen-bond donors (Lipinski definition) is 1. The number of aromatic nitrogens is 1. The predicted octanol–water partition coefficient (Wildman–Crippen LogP) is 2.47. The number of anilines is 1. The topological polar surface area (TPSA) is 36.4 Å². The molecule has 1 atom stereocenters. The summed E-state index contributed by atoms with van der Waals surface area (Å²) in [4.78, 5) is 6.74. The van der Waals surface area contributed by atoms with Gasteiger partial charge in [-0.1, -0.05) is 6.92 Å². The first-order chi connectivity index (χ1) is 8.31. The van der Waals surface area contributed by atoms with Gasteiger partial charge in [-0.15, -0.1) is 0 Å². The maximum absolute atomic E-state index is 9.70. The van der Waals surface area contributed by atoms with Crippen molar-refractivity contribution in [2.75, 3.05) is 29.5 Å². The van der Waals surface area contributed by atoms with Gasteiger partial charge in [0.25, 0.3) is 0 Å². The molecule has 1 aliphatic heterocycles. The lowest BCUT2D eigenvalue weighted by Gasteiger charge is -2.22. The number of hydrogen-bond acceptors (Lipinski definition) is 4. The monoisotopic (exact) mass is 252 g/mol. The second-order valence-corrected chi connectivity index (χ2v) is 5.54. The number of pyridine rings is 1. The van der Waals surface area contributed by atoms with Crippen molar-refractivity contribution in [2.24, 2.45) is 0 Å². The van der Waals surface area contributed by atoms with E-state index in [2.05, 4.69) is 16.0 Å². The molecule has 94 valence electrons. The van der Waals surface area contributed by atoms with Crippen molar-refractivity contribution in [1.29, 1.82) is 0 Å². The molecule has 4 heteroatoms. The van der Waals surface area contributed by atoms with E-state index in [1.54, 1.807) is 0 Å². The van der Waals surface area contributed by atoms with E-state index in [0.717, 1.165) is 18.8 Å². The lowest BCUT2D eigenvalue weighted by Crippen LogP contribution is -2.25. The molecule has 17 heavy (non-hydrogen) atoms. The lowest BCUT2D eigenvalue weighted by atomic mass is 10.2. The molecule has 0 aromatic carbocycles. The minimum absolute atomic E-state index is 0.427. The molecule has 1 aromatic heterocycles. The second-order valence-electron chi connectivity index (χ2n) is 4.32. The third kappa shape index (κ3) is 3.36. The first-order valence-electron chi connectivity index (χ1n) is 6.28. The number of rotatable bonds is 3. The maximum Gasteiger partial charge on any atom is 0.0957 e. The molecule has 2 heterocycles. The average molecular weight is 252 g/mol. The number of aliphatic hydroxyl groups excluding tert-OH is 1. The smallest absolute Gasteiger partial charge is 0.0957 e. The lowest BCUT2D eigenvalue weighted by molar-refractivity contribution is 0.169. The highest BCUT2D eigenvalue weighted by molar-refractivity contribution is 7.99. The van der Waals surface area contributed by atoms with Crippen LogP contribution in [0.15, 0.2) is 18.3 Å². The van der Waals surface area contributed by atoms with Crippen LogP contribution < -0.4 is 4.90 Å². The van der Waals surface area contributed by atoms with Crippen LogP contribution in [0.4, 0.5) is 5.69 Å². The summed E-state index contributed by atoms with van der Waals surface area (Å²) in [6.45, 7) is 4.18. The largest absolute Gasteiger partial charge is 0.387 e. The standard InChI is InChI=1S/C13H20N2OS/c1-2-13(16)12-5-4-11(10-14-12)15-6-3-8-17-9-7-15/h4-5,10,13,16H,2-3,6-9H2,1H3. The fourth-order valence-electron chi connectivity index (χ4n) is 2.00. The van der Waals surface area contributed by atoms with Crippen LogP contribution in [0.2, 0.25) is 0 Å². The molecule has 1 unspecified atom stereocenters. The summed E-state index contributed by atoms with van der Waals surface area (Å²) in [5.74, 6) is 2.45. The SMILES string of the molecule is CCC(O)c1ccc(N2CCCSCC2)cn1. The highest BCUT2D eigenvalue weighted by Gasteiger charge is 2.11. The van der Waals surface area contributed by atoms with Gasteiger partial charge in [-0.3, -0.25) is 4.98 Å². The van der Waals surface area contributed by atoms with E-state index in [9.17, 15) is 5.11 Å². The van der Waals surface area contributed by atoms with Gasteiger partial charge in [0.15, 0.2) is 0 Å². The molecule has 1 fully saturated rings. The molecule has 0 radical (unpaired) electrons. The van der Waals surface area contributed by atoms with E-state index in [-0.39, 0.29) is 0 Å². The molecule has 1 saturated heterocycles. The third-order valence-corrected chi connectivity index (χ3v) is 4.13. The fourth-order valence-corrected chi connectivity index (χ4v) is 2.88. The molecular weight excluding hydrogens is 232 g/mol. The summed E-state index contributed by atoms with van der Waals surface area (Å²) in [6.07, 6.45) is 3.42. The van der Waals surface area contributed by atoms with E-state index in [0.29, 0.717) is 6.42 Å². The Morgan fingerprint density at radius 1 is 1.41 bits per heavy atom. The zero-order valence-corrected chi connectivity index (χ0v) is 11.1. The van der Waals surface area contributed by atoms with E-state index >= 15 is 0 Å².